The fraction of sp³-hybridized carbons (Fsp3) is 0.778. The highest BCUT2D eigenvalue weighted by atomic mass is 16.5. The van der Waals surface area contributed by atoms with E-state index in [4.69, 9.17) is 20.7 Å². The van der Waals surface area contributed by atoms with Crippen molar-refractivity contribution in [2.75, 3.05) is 20.2 Å². The van der Waals surface area contributed by atoms with E-state index in [2.05, 4.69) is 5.32 Å². The van der Waals surface area contributed by atoms with Crippen molar-refractivity contribution in [1.29, 1.82) is 0 Å². The van der Waals surface area contributed by atoms with Crippen LogP contribution in [0, 0.1) is 0 Å². The van der Waals surface area contributed by atoms with Gasteiger partial charge in [-0.1, -0.05) is 0 Å². The molecule has 0 fully saturated rings. The van der Waals surface area contributed by atoms with Crippen LogP contribution in [0.1, 0.15) is 12.8 Å². The molecular formula is C9H18N2O5. The molecular weight excluding hydrogens is 216 g/mol. The molecule has 2 atom stereocenters. The number of nitrogens with one attached hydrogen (secondary N) is 1. The van der Waals surface area contributed by atoms with Gasteiger partial charge in [0.15, 0.2) is 6.10 Å². The van der Waals surface area contributed by atoms with E-state index in [1.54, 1.807) is 0 Å². The first-order chi connectivity index (χ1) is 7.51. The lowest BCUT2D eigenvalue weighted by atomic mass is 10.2. The predicted octanol–water partition coefficient (Wildman–Crippen LogP) is -1.70. The largest absolute Gasteiger partial charge is 0.479 e. The van der Waals surface area contributed by atoms with E-state index in [1.807, 2.05) is 0 Å². The molecule has 0 aliphatic heterocycles. The smallest absolute Gasteiger partial charge is 0.332 e. The second-order valence-corrected chi connectivity index (χ2v) is 3.29. The molecule has 0 aromatic carbocycles. The fourth-order valence-electron chi connectivity index (χ4n) is 1.01. The Hall–Kier alpha value is -1.18. The molecule has 0 spiro atoms. The molecule has 7 heteroatoms. The quantitative estimate of drug-likeness (QED) is 0.397. The molecule has 1 unspecified atom stereocenters. The van der Waals surface area contributed by atoms with Gasteiger partial charge in [-0.05, 0) is 0 Å². The minimum atomic E-state index is -1.45. The molecule has 94 valence electrons. The minimum Gasteiger partial charge on any atom is -0.479 e. The van der Waals surface area contributed by atoms with Gasteiger partial charge in [0.2, 0.25) is 5.91 Å². The summed E-state index contributed by atoms with van der Waals surface area (Å²) < 4.78 is 4.91. The average Bonchev–Trinajstić information content (AvgIpc) is 2.25. The molecule has 0 rings (SSSR count). The van der Waals surface area contributed by atoms with E-state index >= 15 is 0 Å². The average molecular weight is 234 g/mol. The van der Waals surface area contributed by atoms with Gasteiger partial charge in [0.1, 0.15) is 0 Å². The number of rotatable bonds is 8. The molecule has 7 nitrogen and oxygen atoms in total. The molecule has 0 aliphatic rings. The molecule has 16 heavy (non-hydrogen) atoms. The van der Waals surface area contributed by atoms with Crippen molar-refractivity contribution in [1.82, 2.24) is 5.32 Å². The van der Waals surface area contributed by atoms with Crippen LogP contribution in [0.5, 0.6) is 0 Å². The van der Waals surface area contributed by atoms with Gasteiger partial charge < -0.3 is 26.0 Å². The van der Waals surface area contributed by atoms with E-state index in [9.17, 15) is 9.59 Å². The van der Waals surface area contributed by atoms with Gasteiger partial charge in [-0.2, -0.15) is 0 Å². The van der Waals surface area contributed by atoms with Crippen LogP contribution in [0.15, 0.2) is 0 Å². The maximum atomic E-state index is 11.2. The first-order valence-corrected chi connectivity index (χ1v) is 4.91. The Kier molecular flexibility index (Phi) is 7.44. The summed E-state index contributed by atoms with van der Waals surface area (Å²) in [6, 6.07) is 0. The van der Waals surface area contributed by atoms with E-state index in [1.165, 1.54) is 7.11 Å². The van der Waals surface area contributed by atoms with Crippen LogP contribution < -0.4 is 11.1 Å². The van der Waals surface area contributed by atoms with Gasteiger partial charge in [-0.25, -0.2) is 4.79 Å². The van der Waals surface area contributed by atoms with Crippen molar-refractivity contribution in [2.45, 2.75) is 25.0 Å². The summed E-state index contributed by atoms with van der Waals surface area (Å²) in [5.41, 5.74) is 5.33. The van der Waals surface area contributed by atoms with Crippen molar-refractivity contribution >= 4 is 11.9 Å². The molecule has 0 heterocycles. The Morgan fingerprint density at radius 2 is 2.12 bits per heavy atom. The molecule has 0 saturated carbocycles. The first kappa shape index (κ1) is 14.8. The van der Waals surface area contributed by atoms with Crippen molar-refractivity contribution in [3.05, 3.63) is 0 Å². The molecule has 0 aromatic heterocycles. The number of aliphatic hydroxyl groups excluding tert-OH is 1. The summed E-state index contributed by atoms with van der Waals surface area (Å²) in [6.07, 6.45) is -1.70. The Morgan fingerprint density at radius 3 is 2.56 bits per heavy atom. The van der Waals surface area contributed by atoms with Crippen LogP contribution in [0.3, 0.4) is 0 Å². The number of nitrogens with two attached hydrogens (primary N) is 1. The molecule has 0 bridgehead atoms. The van der Waals surface area contributed by atoms with Crippen molar-refractivity contribution in [2.24, 2.45) is 5.73 Å². The lowest BCUT2D eigenvalue weighted by molar-refractivity contribution is -0.147. The van der Waals surface area contributed by atoms with Crippen LogP contribution in [-0.2, 0) is 14.3 Å². The minimum absolute atomic E-state index is 0.0264. The Labute approximate surface area is 93.6 Å². The van der Waals surface area contributed by atoms with Gasteiger partial charge >= 0.3 is 5.97 Å². The highest BCUT2D eigenvalue weighted by molar-refractivity contribution is 5.76. The monoisotopic (exact) mass is 234 g/mol. The van der Waals surface area contributed by atoms with E-state index < -0.39 is 12.1 Å². The summed E-state index contributed by atoms with van der Waals surface area (Å²) in [6.45, 7) is 0.342. The maximum Gasteiger partial charge on any atom is 0.332 e. The number of methoxy groups -OCH3 is 1. The molecule has 0 aliphatic carbocycles. The zero-order valence-corrected chi connectivity index (χ0v) is 9.18. The number of aliphatic hydroxyl groups is 1. The lowest BCUT2D eigenvalue weighted by Crippen LogP contribution is -2.34. The number of amides is 1. The highest BCUT2D eigenvalue weighted by Crippen LogP contribution is 1.95. The van der Waals surface area contributed by atoms with Crippen LogP contribution in [0.25, 0.3) is 0 Å². The van der Waals surface area contributed by atoms with Crippen molar-refractivity contribution in [3.63, 3.8) is 0 Å². The zero-order valence-electron chi connectivity index (χ0n) is 9.18. The van der Waals surface area contributed by atoms with Gasteiger partial charge in [0.05, 0.1) is 12.5 Å². The molecule has 0 radical (unpaired) electrons. The number of aliphatic carboxylic acids is 1. The number of hydrogen-bond acceptors (Lipinski definition) is 5. The summed E-state index contributed by atoms with van der Waals surface area (Å²) >= 11 is 0. The number of carbonyl (C=O) groups is 2. The maximum absolute atomic E-state index is 11.2. The molecule has 0 aromatic rings. The number of ether oxygens (including phenoxy) is 1. The summed E-state index contributed by atoms with van der Waals surface area (Å²) in [4.78, 5) is 21.5. The summed E-state index contributed by atoms with van der Waals surface area (Å²) in [7, 11) is 1.46. The van der Waals surface area contributed by atoms with Crippen LogP contribution in [-0.4, -0.2) is 54.5 Å². The van der Waals surface area contributed by atoms with Crippen LogP contribution in [0.2, 0.25) is 0 Å². The number of carboxylic acid groups (broad SMARTS) is 1. The van der Waals surface area contributed by atoms with Crippen molar-refractivity contribution in [3.8, 4) is 0 Å². The summed E-state index contributed by atoms with van der Waals surface area (Å²) in [5.74, 6) is -1.58. The third-order valence-corrected chi connectivity index (χ3v) is 2.03. The van der Waals surface area contributed by atoms with Crippen LogP contribution >= 0.6 is 0 Å². The number of hydrogen-bond donors (Lipinski definition) is 4. The Bertz CT molecular complexity index is 230. The zero-order chi connectivity index (χ0) is 12.6. The second-order valence-electron chi connectivity index (χ2n) is 3.29. The lowest BCUT2D eigenvalue weighted by Gasteiger charge is -2.12. The van der Waals surface area contributed by atoms with Crippen LogP contribution in [0.4, 0.5) is 0 Å². The molecule has 5 N–H and O–H groups in total. The third-order valence-electron chi connectivity index (χ3n) is 2.03. The SMILES string of the molecule is COC(CN)CC(=O)NCC[C@H](O)C(=O)O. The third kappa shape index (κ3) is 6.33. The van der Waals surface area contributed by atoms with E-state index in [0.717, 1.165) is 0 Å². The highest BCUT2D eigenvalue weighted by Gasteiger charge is 2.14. The second kappa shape index (κ2) is 8.03. The molecule has 1 amide bonds. The van der Waals surface area contributed by atoms with Gasteiger partial charge in [-0.3, -0.25) is 4.79 Å². The predicted molar refractivity (Wildman–Crippen MR) is 55.7 cm³/mol. The standard InChI is InChI=1S/C9H18N2O5/c1-16-6(5-10)4-8(13)11-3-2-7(12)9(14)15/h6-7,12H,2-5,10H2,1H3,(H,11,13)(H,14,15)/t6?,7-/m0/s1. The normalized spacial score (nSPS) is 14.2. The fourth-order valence-corrected chi connectivity index (χ4v) is 1.01. The van der Waals surface area contributed by atoms with Gasteiger partial charge in [0, 0.05) is 26.6 Å². The van der Waals surface area contributed by atoms with Crippen molar-refractivity contribution < 1.29 is 24.5 Å². The van der Waals surface area contributed by atoms with E-state index in [0.29, 0.717) is 0 Å². The van der Waals surface area contributed by atoms with Gasteiger partial charge in [0.25, 0.3) is 0 Å². The van der Waals surface area contributed by atoms with E-state index in [-0.39, 0.29) is 37.9 Å². The Balaban J connectivity index is 3.69. The first-order valence-electron chi connectivity index (χ1n) is 4.91. The Morgan fingerprint density at radius 1 is 1.50 bits per heavy atom. The topological polar surface area (TPSA) is 122 Å². The van der Waals surface area contributed by atoms with Gasteiger partial charge in [-0.15, -0.1) is 0 Å². The number of carbonyl (C=O) groups excluding carboxylic acids is 1. The number of carboxylic acids is 1. The summed E-state index contributed by atoms with van der Waals surface area (Å²) in [5, 5.41) is 19.8. The molecule has 0 saturated heterocycles.